The highest BCUT2D eigenvalue weighted by Gasteiger charge is 2.04. The molecule has 0 unspecified atom stereocenters. The number of hydrogen-bond donors (Lipinski definition) is 0. The smallest absolute Gasteiger partial charge is 0.236 e. The van der Waals surface area contributed by atoms with Crippen LogP contribution in [0.1, 0.15) is 11.5 Å². The molecule has 1 heterocycles. The molecule has 20 heavy (non-hydrogen) atoms. The highest BCUT2D eigenvalue weighted by Crippen LogP contribution is 2.16. The maximum Gasteiger partial charge on any atom is 0.236 e. The van der Waals surface area contributed by atoms with E-state index in [-0.39, 0.29) is 6.61 Å². The van der Waals surface area contributed by atoms with Crippen molar-refractivity contribution in [2.24, 2.45) is 5.16 Å². The summed E-state index contributed by atoms with van der Waals surface area (Å²) in [5.74, 6) is 0.510. The van der Waals surface area contributed by atoms with Gasteiger partial charge in [0.25, 0.3) is 0 Å². The second-order valence-electron chi connectivity index (χ2n) is 4.10. The van der Waals surface area contributed by atoms with Gasteiger partial charge in [0.1, 0.15) is 5.52 Å². The van der Waals surface area contributed by atoms with Crippen LogP contribution < -0.4 is 0 Å². The van der Waals surface area contributed by atoms with Gasteiger partial charge >= 0.3 is 0 Å². The van der Waals surface area contributed by atoms with Crippen LogP contribution in [-0.2, 0) is 11.4 Å². The fourth-order valence-corrected chi connectivity index (χ4v) is 2.14. The van der Waals surface area contributed by atoms with Gasteiger partial charge in [0.2, 0.25) is 5.89 Å². The zero-order valence-electron chi connectivity index (χ0n) is 10.5. The van der Waals surface area contributed by atoms with Crippen molar-refractivity contribution in [1.29, 1.82) is 0 Å². The largest absolute Gasteiger partial charge is 0.437 e. The number of rotatable bonds is 4. The SMILES string of the molecule is Brc1ccccc1/C=N\OCc1nc2ccccc2o1. The Labute approximate surface area is 124 Å². The van der Waals surface area contributed by atoms with Crippen LogP contribution in [0.3, 0.4) is 0 Å². The van der Waals surface area contributed by atoms with Crippen molar-refractivity contribution in [3.05, 3.63) is 64.5 Å². The van der Waals surface area contributed by atoms with Crippen LogP contribution in [0.4, 0.5) is 0 Å². The van der Waals surface area contributed by atoms with E-state index in [1.807, 2.05) is 48.5 Å². The lowest BCUT2D eigenvalue weighted by Gasteiger charge is -1.96. The average Bonchev–Trinajstić information content (AvgIpc) is 2.88. The summed E-state index contributed by atoms with van der Waals surface area (Å²) in [6.07, 6.45) is 1.65. The lowest BCUT2D eigenvalue weighted by Crippen LogP contribution is -1.88. The van der Waals surface area contributed by atoms with Crippen LogP contribution in [0.15, 0.2) is 62.6 Å². The van der Waals surface area contributed by atoms with Crippen molar-refractivity contribution in [3.8, 4) is 0 Å². The Hall–Kier alpha value is -2.14. The first-order valence-electron chi connectivity index (χ1n) is 6.07. The quantitative estimate of drug-likeness (QED) is 0.533. The molecule has 0 atom stereocenters. The van der Waals surface area contributed by atoms with Gasteiger partial charge in [-0.15, -0.1) is 0 Å². The Morgan fingerprint density at radius 3 is 2.80 bits per heavy atom. The van der Waals surface area contributed by atoms with E-state index >= 15 is 0 Å². The first-order chi connectivity index (χ1) is 9.83. The topological polar surface area (TPSA) is 47.6 Å². The van der Waals surface area contributed by atoms with Gasteiger partial charge in [0, 0.05) is 10.0 Å². The molecule has 0 N–H and O–H groups in total. The molecule has 0 spiro atoms. The van der Waals surface area contributed by atoms with Crippen LogP contribution in [-0.4, -0.2) is 11.2 Å². The Kier molecular flexibility index (Phi) is 3.78. The highest BCUT2D eigenvalue weighted by molar-refractivity contribution is 9.10. The summed E-state index contributed by atoms with van der Waals surface area (Å²) in [5, 5.41) is 3.91. The summed E-state index contributed by atoms with van der Waals surface area (Å²) >= 11 is 3.44. The number of aromatic nitrogens is 1. The number of fused-ring (bicyclic) bond motifs is 1. The van der Waals surface area contributed by atoms with E-state index in [2.05, 4.69) is 26.1 Å². The fraction of sp³-hybridized carbons (Fsp3) is 0.0667. The molecule has 5 heteroatoms. The third-order valence-electron chi connectivity index (χ3n) is 2.70. The van der Waals surface area contributed by atoms with Crippen molar-refractivity contribution in [3.63, 3.8) is 0 Å². The Morgan fingerprint density at radius 1 is 1.15 bits per heavy atom. The average molecular weight is 331 g/mol. The number of halogens is 1. The van der Waals surface area contributed by atoms with Crippen LogP contribution in [0.2, 0.25) is 0 Å². The first-order valence-corrected chi connectivity index (χ1v) is 6.86. The number of oxime groups is 1. The third-order valence-corrected chi connectivity index (χ3v) is 3.42. The van der Waals surface area contributed by atoms with Crippen LogP contribution in [0.25, 0.3) is 11.1 Å². The number of hydrogen-bond acceptors (Lipinski definition) is 4. The second kappa shape index (κ2) is 5.88. The zero-order valence-corrected chi connectivity index (χ0v) is 12.1. The van der Waals surface area contributed by atoms with Gasteiger partial charge in [0.15, 0.2) is 12.2 Å². The minimum atomic E-state index is 0.204. The van der Waals surface area contributed by atoms with Crippen molar-refractivity contribution >= 4 is 33.2 Å². The van der Waals surface area contributed by atoms with Gasteiger partial charge in [-0.3, -0.25) is 0 Å². The van der Waals surface area contributed by atoms with E-state index in [4.69, 9.17) is 9.25 Å². The van der Waals surface area contributed by atoms with Crippen molar-refractivity contribution < 1.29 is 9.25 Å². The number of oxazole rings is 1. The minimum Gasteiger partial charge on any atom is -0.437 e. The van der Waals surface area contributed by atoms with Crippen molar-refractivity contribution in [1.82, 2.24) is 4.98 Å². The van der Waals surface area contributed by atoms with Crippen molar-refractivity contribution in [2.45, 2.75) is 6.61 Å². The third kappa shape index (κ3) is 2.88. The van der Waals surface area contributed by atoms with Gasteiger partial charge in [-0.25, -0.2) is 4.98 Å². The van der Waals surface area contributed by atoms with Gasteiger partial charge in [0.05, 0.1) is 6.21 Å². The maximum atomic E-state index is 5.52. The number of benzene rings is 2. The molecule has 3 aromatic rings. The first kappa shape index (κ1) is 12.9. The van der Waals surface area contributed by atoms with E-state index in [1.54, 1.807) is 6.21 Å². The summed E-state index contributed by atoms with van der Waals surface area (Å²) in [6.45, 7) is 0.204. The molecule has 0 saturated heterocycles. The highest BCUT2D eigenvalue weighted by atomic mass is 79.9. The maximum absolute atomic E-state index is 5.52. The lowest BCUT2D eigenvalue weighted by molar-refractivity contribution is 0.113. The minimum absolute atomic E-state index is 0.204. The van der Waals surface area contributed by atoms with Crippen LogP contribution >= 0.6 is 15.9 Å². The Morgan fingerprint density at radius 2 is 1.95 bits per heavy atom. The molecule has 3 rings (SSSR count). The molecular weight excluding hydrogens is 320 g/mol. The Balaban J connectivity index is 1.64. The molecule has 0 radical (unpaired) electrons. The molecule has 0 aliphatic rings. The lowest BCUT2D eigenvalue weighted by atomic mass is 10.2. The molecule has 0 saturated carbocycles. The summed E-state index contributed by atoms with van der Waals surface area (Å²) < 4.78 is 6.49. The molecule has 0 amide bonds. The number of nitrogens with zero attached hydrogens (tertiary/aromatic N) is 2. The predicted molar refractivity (Wildman–Crippen MR) is 80.5 cm³/mol. The van der Waals surface area contributed by atoms with E-state index in [0.717, 1.165) is 21.1 Å². The van der Waals surface area contributed by atoms with Gasteiger partial charge in [-0.05, 0) is 18.2 Å². The molecule has 1 aromatic heterocycles. The van der Waals surface area contributed by atoms with E-state index < -0.39 is 0 Å². The Bertz CT molecular complexity index is 719. The van der Waals surface area contributed by atoms with Crippen LogP contribution in [0.5, 0.6) is 0 Å². The molecule has 2 aromatic carbocycles. The van der Waals surface area contributed by atoms with E-state index in [1.165, 1.54) is 0 Å². The molecule has 0 bridgehead atoms. The molecule has 0 aliphatic carbocycles. The van der Waals surface area contributed by atoms with E-state index in [9.17, 15) is 0 Å². The van der Waals surface area contributed by atoms with Gasteiger partial charge in [-0.2, -0.15) is 0 Å². The van der Waals surface area contributed by atoms with Crippen molar-refractivity contribution in [2.75, 3.05) is 0 Å². The van der Waals surface area contributed by atoms with Gasteiger partial charge < -0.3 is 9.25 Å². The number of para-hydroxylation sites is 2. The van der Waals surface area contributed by atoms with E-state index in [0.29, 0.717) is 5.89 Å². The summed E-state index contributed by atoms with van der Waals surface area (Å²) in [4.78, 5) is 9.50. The normalized spacial score (nSPS) is 11.2. The molecule has 4 nitrogen and oxygen atoms in total. The zero-order chi connectivity index (χ0) is 13.8. The predicted octanol–water partition coefficient (Wildman–Crippen LogP) is 4.14. The summed E-state index contributed by atoms with van der Waals surface area (Å²) in [6, 6.07) is 15.4. The van der Waals surface area contributed by atoms with Gasteiger partial charge in [-0.1, -0.05) is 51.4 Å². The standard InChI is InChI=1S/C15H11BrN2O2/c16-12-6-2-1-5-11(12)9-17-19-10-15-18-13-7-3-4-8-14(13)20-15/h1-9H,10H2/b17-9-. The fourth-order valence-electron chi connectivity index (χ4n) is 1.75. The van der Waals surface area contributed by atoms with Crippen LogP contribution in [0, 0.1) is 0 Å². The molecule has 100 valence electrons. The molecule has 0 aliphatic heterocycles. The summed E-state index contributed by atoms with van der Waals surface area (Å²) in [7, 11) is 0. The molecule has 0 fully saturated rings. The molecular formula is C15H11BrN2O2. The second-order valence-corrected chi connectivity index (χ2v) is 4.96. The summed E-state index contributed by atoms with van der Waals surface area (Å²) in [5.41, 5.74) is 2.52. The monoisotopic (exact) mass is 330 g/mol.